The molecule has 1 nitrogen and oxygen atoms in total. The molecule has 0 saturated heterocycles. The Kier molecular flexibility index (Phi) is 3.36. The first-order chi connectivity index (χ1) is 10.3. The molecule has 7 atom stereocenters. The molecular weight excluding hydrogens is 266 g/mol. The van der Waals surface area contributed by atoms with Gasteiger partial charge >= 0.3 is 0 Å². The molecule has 0 aromatic heterocycles. The van der Waals surface area contributed by atoms with Gasteiger partial charge in [0.1, 0.15) is 0 Å². The van der Waals surface area contributed by atoms with Crippen LogP contribution in [0.4, 0.5) is 0 Å². The fraction of sp³-hybridized carbons (Fsp3) is 0.857. The van der Waals surface area contributed by atoms with Gasteiger partial charge in [-0.25, -0.2) is 0 Å². The van der Waals surface area contributed by atoms with Crippen molar-refractivity contribution in [1.29, 1.82) is 0 Å². The molecule has 3 saturated carbocycles. The van der Waals surface area contributed by atoms with Gasteiger partial charge in [0, 0.05) is 12.3 Å². The molecule has 0 bridgehead atoms. The molecule has 0 unspecified atom stereocenters. The van der Waals surface area contributed by atoms with E-state index in [1.807, 2.05) is 5.57 Å². The molecule has 4 rings (SSSR count). The van der Waals surface area contributed by atoms with Gasteiger partial charge in [-0.1, -0.05) is 32.4 Å². The van der Waals surface area contributed by atoms with Gasteiger partial charge in [-0.2, -0.15) is 7.05 Å². The maximum absolute atomic E-state index is 4.24. The zero-order chi connectivity index (χ0) is 15.7. The number of hydrogen-bond acceptors (Lipinski definition) is 0. The predicted octanol–water partition coefficient (Wildman–Crippen LogP) is 4.16. The van der Waals surface area contributed by atoms with Crippen molar-refractivity contribution in [3.8, 4) is 0 Å². The van der Waals surface area contributed by atoms with Crippen molar-refractivity contribution in [2.75, 3.05) is 0 Å². The molecule has 0 heterocycles. The molecular formula is C21H35N. The van der Waals surface area contributed by atoms with E-state index in [2.05, 4.69) is 46.1 Å². The summed E-state index contributed by atoms with van der Waals surface area (Å²) in [4.78, 5) is 0. The van der Waals surface area contributed by atoms with Gasteiger partial charge in [0.05, 0.1) is 5.54 Å². The molecule has 2 N–H and O–H groups in total. The van der Waals surface area contributed by atoms with Gasteiger partial charge in [0.15, 0.2) is 0 Å². The van der Waals surface area contributed by atoms with E-state index < -0.39 is 0 Å². The summed E-state index contributed by atoms with van der Waals surface area (Å²) in [6, 6.07) is 0. The van der Waals surface area contributed by atoms with Crippen LogP contribution >= 0.6 is 0 Å². The molecule has 0 aliphatic heterocycles. The Morgan fingerprint density at radius 3 is 2.68 bits per heavy atom. The Labute approximate surface area is 137 Å². The first kappa shape index (κ1) is 15.2. The molecule has 0 aromatic rings. The average Bonchev–Trinajstić information content (AvgIpc) is 2.45. The monoisotopic (exact) mass is 301 g/mol. The van der Waals surface area contributed by atoms with E-state index in [4.69, 9.17) is 0 Å². The maximum atomic E-state index is 4.24. The highest BCUT2D eigenvalue weighted by atomic mass is 15.0. The smallest absolute Gasteiger partial charge is 0.0726 e. The maximum Gasteiger partial charge on any atom is 0.0726 e. The number of allylic oxidation sites excluding steroid dienone is 2. The van der Waals surface area contributed by atoms with E-state index in [9.17, 15) is 0 Å². The third-order valence-electron chi connectivity index (χ3n) is 8.14. The Balaban J connectivity index is 1.76. The third-order valence-corrected chi connectivity index (χ3v) is 8.14. The van der Waals surface area contributed by atoms with Gasteiger partial charge in [-0.15, -0.1) is 0 Å². The second-order valence-corrected chi connectivity index (χ2v) is 10.1. The first-order valence-corrected chi connectivity index (χ1v) is 9.69. The summed E-state index contributed by atoms with van der Waals surface area (Å²) in [6.07, 6.45) is 11.3. The molecule has 3 fully saturated rings. The fourth-order valence-corrected chi connectivity index (χ4v) is 7.25. The van der Waals surface area contributed by atoms with Crippen LogP contribution in [0, 0.1) is 48.0 Å². The Morgan fingerprint density at radius 2 is 1.95 bits per heavy atom. The first-order valence-electron chi connectivity index (χ1n) is 9.69. The van der Waals surface area contributed by atoms with Crippen molar-refractivity contribution >= 4 is 0 Å². The molecule has 4 aliphatic rings. The minimum atomic E-state index is 0.404. The van der Waals surface area contributed by atoms with E-state index in [1.165, 1.54) is 38.5 Å². The van der Waals surface area contributed by atoms with Gasteiger partial charge < -0.3 is 5.32 Å². The summed E-state index contributed by atoms with van der Waals surface area (Å²) < 4.78 is 0. The third kappa shape index (κ3) is 2.07. The summed E-state index contributed by atoms with van der Waals surface area (Å²) in [6.45, 7) is 10.0. The van der Waals surface area contributed by atoms with Crippen LogP contribution in [0.3, 0.4) is 0 Å². The van der Waals surface area contributed by atoms with Crippen LogP contribution in [-0.2, 0) is 0 Å². The quantitative estimate of drug-likeness (QED) is 0.553. The molecule has 4 aliphatic carbocycles. The van der Waals surface area contributed by atoms with Crippen LogP contribution < -0.4 is 5.32 Å². The fourth-order valence-electron chi connectivity index (χ4n) is 7.25. The lowest BCUT2D eigenvalue weighted by molar-refractivity contribution is -0.688. The molecule has 0 radical (unpaired) electrons. The largest absolute Gasteiger partial charge is 0.474 e. The van der Waals surface area contributed by atoms with Crippen LogP contribution in [0.25, 0.3) is 0 Å². The van der Waals surface area contributed by atoms with E-state index in [-0.39, 0.29) is 0 Å². The predicted molar refractivity (Wildman–Crippen MR) is 91.9 cm³/mol. The molecule has 0 aromatic carbocycles. The minimum Gasteiger partial charge on any atom is -0.474 e. The number of hydrogen-bond donors (Lipinski definition) is 1. The van der Waals surface area contributed by atoms with E-state index >= 15 is 0 Å². The summed E-state index contributed by atoms with van der Waals surface area (Å²) in [5, 5.41) is 2.32. The second kappa shape index (κ2) is 4.85. The van der Waals surface area contributed by atoms with E-state index in [0.29, 0.717) is 11.0 Å². The minimum absolute atomic E-state index is 0.404. The van der Waals surface area contributed by atoms with Crippen molar-refractivity contribution in [3.05, 3.63) is 18.7 Å². The summed E-state index contributed by atoms with van der Waals surface area (Å²) >= 11 is 0. The molecule has 1 heteroatoms. The van der Waals surface area contributed by atoms with Crippen molar-refractivity contribution in [2.24, 2.45) is 40.9 Å². The zero-order valence-electron chi connectivity index (χ0n) is 15.1. The highest BCUT2D eigenvalue weighted by Gasteiger charge is 2.58. The van der Waals surface area contributed by atoms with Crippen LogP contribution in [-0.4, -0.2) is 5.54 Å². The average molecular weight is 302 g/mol. The lowest BCUT2D eigenvalue weighted by Gasteiger charge is -2.61. The summed E-state index contributed by atoms with van der Waals surface area (Å²) in [5.41, 5.74) is 2.79. The van der Waals surface area contributed by atoms with Gasteiger partial charge in [0.25, 0.3) is 0 Å². The molecule has 0 amide bonds. The summed E-state index contributed by atoms with van der Waals surface area (Å²) in [7, 11) is 4.24. The van der Waals surface area contributed by atoms with Gasteiger partial charge in [-0.05, 0) is 74.0 Å². The van der Waals surface area contributed by atoms with Crippen molar-refractivity contribution < 1.29 is 5.32 Å². The topological polar surface area (TPSA) is 16.6 Å². The Morgan fingerprint density at radius 1 is 1.18 bits per heavy atom. The molecule has 124 valence electrons. The van der Waals surface area contributed by atoms with Crippen LogP contribution in [0.1, 0.15) is 66.2 Å². The number of quaternary nitrogens is 1. The lowest BCUT2D eigenvalue weighted by atomic mass is 9.44. The molecule has 0 spiro atoms. The number of nitrogens with two attached hydrogens (primary N) is 1. The molecule has 22 heavy (non-hydrogen) atoms. The highest BCUT2D eigenvalue weighted by molar-refractivity contribution is 5.25. The van der Waals surface area contributed by atoms with Gasteiger partial charge in [0.2, 0.25) is 0 Å². The highest BCUT2D eigenvalue weighted by Crippen LogP contribution is 2.62. The lowest BCUT2D eigenvalue weighted by Crippen LogP contribution is -2.94. The van der Waals surface area contributed by atoms with Crippen LogP contribution in [0.2, 0.25) is 0 Å². The summed E-state index contributed by atoms with van der Waals surface area (Å²) in [5.74, 6) is 5.52. The zero-order valence-corrected chi connectivity index (χ0v) is 15.1. The van der Waals surface area contributed by atoms with Crippen molar-refractivity contribution in [1.82, 2.24) is 0 Å². The van der Waals surface area contributed by atoms with Crippen molar-refractivity contribution in [2.45, 2.75) is 71.8 Å². The standard InChI is InChI=1S/C21H35N/c1-13-10-15-12-20(2,3)11-14-6-7-17-19(18(14)15)16(13)8-9-21(17,4)22-5/h10,13-14,16-19H,5-9,11-12,22H2,1-4H3/t13-,14-,16+,17+,18+,19+,21-/m0/s1. The SMILES string of the molecule is [CH2-][NH2+][C@@]1(C)CC[C@H]2[C@H]3[C@H]4C(=C[C@@H]2C)CC(C)(C)C[C@@H]4CC[C@H]31. The van der Waals surface area contributed by atoms with Crippen LogP contribution in [0.5, 0.6) is 0 Å². The second-order valence-electron chi connectivity index (χ2n) is 10.1. The van der Waals surface area contributed by atoms with Crippen LogP contribution in [0.15, 0.2) is 11.6 Å². The normalized spacial score (nSPS) is 52.7. The Bertz CT molecular complexity index is 490. The van der Waals surface area contributed by atoms with Crippen molar-refractivity contribution in [3.63, 3.8) is 0 Å². The van der Waals surface area contributed by atoms with E-state index in [0.717, 1.165) is 35.5 Å². The number of rotatable bonds is 1. The van der Waals surface area contributed by atoms with E-state index in [1.54, 1.807) is 0 Å². The van der Waals surface area contributed by atoms with Gasteiger partial charge in [-0.3, -0.25) is 0 Å². The Hall–Kier alpha value is -0.300.